The SMILES string of the molecule is Cc1nn(C)cc1NC(=O)CN1C[C@@H]2CCOC[C@]2(C(=O)O)C1. The summed E-state index contributed by atoms with van der Waals surface area (Å²) in [5, 5.41) is 16.6. The summed E-state index contributed by atoms with van der Waals surface area (Å²) in [6.45, 7) is 3.81. The first-order valence-electron chi connectivity index (χ1n) is 7.74. The van der Waals surface area contributed by atoms with Gasteiger partial charge < -0.3 is 15.2 Å². The normalized spacial score (nSPS) is 27.7. The largest absolute Gasteiger partial charge is 0.481 e. The summed E-state index contributed by atoms with van der Waals surface area (Å²) >= 11 is 0. The van der Waals surface area contributed by atoms with Crippen molar-refractivity contribution in [2.75, 3.05) is 38.2 Å². The Kier molecular flexibility index (Phi) is 4.11. The van der Waals surface area contributed by atoms with Crippen molar-refractivity contribution in [2.45, 2.75) is 13.3 Å². The molecule has 2 saturated heterocycles. The van der Waals surface area contributed by atoms with Crippen molar-refractivity contribution in [1.29, 1.82) is 0 Å². The number of anilines is 1. The first-order chi connectivity index (χ1) is 10.9. The quantitative estimate of drug-likeness (QED) is 0.815. The molecule has 1 amide bonds. The molecule has 0 aromatic carbocycles. The smallest absolute Gasteiger partial charge is 0.313 e. The number of likely N-dealkylation sites (tertiary alicyclic amines) is 1. The maximum Gasteiger partial charge on any atom is 0.313 e. The lowest BCUT2D eigenvalue weighted by molar-refractivity contribution is -0.159. The summed E-state index contributed by atoms with van der Waals surface area (Å²) in [4.78, 5) is 25.9. The van der Waals surface area contributed by atoms with Crippen molar-refractivity contribution in [1.82, 2.24) is 14.7 Å². The van der Waals surface area contributed by atoms with Crippen LogP contribution in [0, 0.1) is 18.3 Å². The van der Waals surface area contributed by atoms with Gasteiger partial charge in [0, 0.05) is 32.9 Å². The van der Waals surface area contributed by atoms with Crippen LogP contribution >= 0.6 is 0 Å². The number of nitrogens with zero attached hydrogens (tertiary/aromatic N) is 3. The number of ether oxygens (including phenoxy) is 1. The molecule has 23 heavy (non-hydrogen) atoms. The molecule has 3 rings (SSSR count). The number of fused-ring (bicyclic) bond motifs is 1. The third-order valence-electron chi connectivity index (χ3n) is 4.82. The first kappa shape index (κ1) is 15.9. The lowest BCUT2D eigenvalue weighted by Crippen LogP contribution is -2.46. The number of rotatable bonds is 4. The Hall–Kier alpha value is -1.93. The summed E-state index contributed by atoms with van der Waals surface area (Å²) in [5.74, 6) is -0.934. The van der Waals surface area contributed by atoms with Gasteiger partial charge in [-0.1, -0.05) is 0 Å². The number of hydrogen-bond donors (Lipinski definition) is 2. The fourth-order valence-electron chi connectivity index (χ4n) is 3.63. The van der Waals surface area contributed by atoms with Gasteiger partial charge in [-0.25, -0.2) is 0 Å². The molecule has 2 aliphatic heterocycles. The van der Waals surface area contributed by atoms with Crippen molar-refractivity contribution in [3.05, 3.63) is 11.9 Å². The molecular weight excluding hydrogens is 300 g/mol. The van der Waals surface area contributed by atoms with E-state index < -0.39 is 11.4 Å². The molecule has 8 heteroatoms. The number of hydrogen-bond acceptors (Lipinski definition) is 5. The van der Waals surface area contributed by atoms with Gasteiger partial charge in [-0.2, -0.15) is 5.10 Å². The van der Waals surface area contributed by atoms with Gasteiger partial charge in [-0.05, 0) is 19.3 Å². The highest BCUT2D eigenvalue weighted by Gasteiger charge is 2.54. The predicted molar refractivity (Wildman–Crippen MR) is 82.0 cm³/mol. The van der Waals surface area contributed by atoms with Crippen LogP contribution in [0.4, 0.5) is 5.69 Å². The number of nitrogens with one attached hydrogen (secondary N) is 1. The van der Waals surface area contributed by atoms with E-state index in [4.69, 9.17) is 4.74 Å². The minimum absolute atomic E-state index is 0.0432. The highest BCUT2D eigenvalue weighted by atomic mass is 16.5. The van der Waals surface area contributed by atoms with E-state index in [1.54, 1.807) is 17.9 Å². The van der Waals surface area contributed by atoms with Crippen LogP contribution in [-0.4, -0.2) is 64.5 Å². The van der Waals surface area contributed by atoms with Crippen molar-refractivity contribution < 1.29 is 19.4 Å². The molecule has 126 valence electrons. The Bertz CT molecular complexity index is 629. The van der Waals surface area contributed by atoms with Crippen molar-refractivity contribution >= 4 is 17.6 Å². The molecule has 3 heterocycles. The predicted octanol–water partition coefficient (Wildman–Crippen LogP) is 0.0901. The molecule has 8 nitrogen and oxygen atoms in total. The Morgan fingerprint density at radius 2 is 2.35 bits per heavy atom. The third-order valence-corrected chi connectivity index (χ3v) is 4.82. The average Bonchev–Trinajstić information content (AvgIpc) is 2.99. The van der Waals surface area contributed by atoms with Crippen LogP contribution in [0.5, 0.6) is 0 Å². The number of aliphatic carboxylic acids is 1. The molecule has 2 aliphatic rings. The maximum atomic E-state index is 12.2. The highest BCUT2D eigenvalue weighted by molar-refractivity contribution is 5.92. The fraction of sp³-hybridized carbons (Fsp3) is 0.667. The summed E-state index contributed by atoms with van der Waals surface area (Å²) in [5.41, 5.74) is 0.569. The zero-order valence-corrected chi connectivity index (χ0v) is 13.4. The number of amides is 1. The molecule has 0 bridgehead atoms. The Morgan fingerprint density at radius 1 is 1.57 bits per heavy atom. The standard InChI is InChI=1S/C15H22N4O4/c1-10-12(6-18(2)17-10)16-13(20)7-19-5-11-3-4-23-9-15(11,8-19)14(21)22/h6,11H,3-5,7-9H2,1-2H3,(H,16,20)(H,21,22)/t11-,15+/m0/s1. The van der Waals surface area contributed by atoms with Gasteiger partial charge in [-0.15, -0.1) is 0 Å². The van der Waals surface area contributed by atoms with E-state index in [0.29, 0.717) is 25.4 Å². The Morgan fingerprint density at radius 3 is 2.96 bits per heavy atom. The zero-order valence-electron chi connectivity index (χ0n) is 13.4. The van der Waals surface area contributed by atoms with Crippen LogP contribution in [0.2, 0.25) is 0 Å². The summed E-state index contributed by atoms with van der Waals surface area (Å²) < 4.78 is 7.04. The first-order valence-corrected chi connectivity index (χ1v) is 7.74. The van der Waals surface area contributed by atoms with Gasteiger partial charge >= 0.3 is 5.97 Å². The van der Waals surface area contributed by atoms with Gasteiger partial charge in [0.15, 0.2) is 0 Å². The number of carbonyl (C=O) groups is 2. The van der Waals surface area contributed by atoms with Gasteiger partial charge in [0.25, 0.3) is 0 Å². The van der Waals surface area contributed by atoms with Crippen LogP contribution in [0.3, 0.4) is 0 Å². The molecule has 2 atom stereocenters. The molecule has 2 N–H and O–H groups in total. The zero-order chi connectivity index (χ0) is 16.6. The van der Waals surface area contributed by atoms with E-state index in [1.807, 2.05) is 11.8 Å². The number of carboxylic acid groups (broad SMARTS) is 1. The molecule has 1 aromatic heterocycles. The lowest BCUT2D eigenvalue weighted by atomic mass is 9.76. The molecule has 1 aromatic rings. The molecule has 0 unspecified atom stereocenters. The monoisotopic (exact) mass is 322 g/mol. The Labute approximate surface area is 134 Å². The number of carbonyl (C=O) groups excluding carboxylic acids is 1. The highest BCUT2D eigenvalue weighted by Crippen LogP contribution is 2.41. The van der Waals surface area contributed by atoms with Crippen LogP contribution in [0.15, 0.2) is 6.20 Å². The second kappa shape index (κ2) is 5.93. The van der Waals surface area contributed by atoms with Crippen LogP contribution in [0.25, 0.3) is 0 Å². The van der Waals surface area contributed by atoms with Gasteiger partial charge in [-0.3, -0.25) is 19.2 Å². The molecule has 0 radical (unpaired) electrons. The number of aryl methyl sites for hydroxylation is 2. The number of aromatic nitrogens is 2. The van der Waals surface area contributed by atoms with Crippen LogP contribution < -0.4 is 5.32 Å². The maximum absolute atomic E-state index is 12.2. The topological polar surface area (TPSA) is 96.7 Å². The summed E-state index contributed by atoms with van der Waals surface area (Å²) in [7, 11) is 1.80. The van der Waals surface area contributed by atoms with E-state index in [2.05, 4.69) is 10.4 Å². The van der Waals surface area contributed by atoms with E-state index in [0.717, 1.165) is 12.1 Å². The van der Waals surface area contributed by atoms with Gasteiger partial charge in [0.05, 0.1) is 24.5 Å². The number of carboxylic acids is 1. The molecule has 2 fully saturated rings. The molecule has 0 aliphatic carbocycles. The minimum atomic E-state index is -0.872. The molecule has 0 spiro atoms. The summed E-state index contributed by atoms with van der Waals surface area (Å²) in [6, 6.07) is 0. The van der Waals surface area contributed by atoms with Gasteiger partial charge in [0.1, 0.15) is 5.41 Å². The third kappa shape index (κ3) is 2.96. The van der Waals surface area contributed by atoms with E-state index in [1.165, 1.54) is 0 Å². The second-order valence-corrected chi connectivity index (χ2v) is 6.52. The average molecular weight is 322 g/mol. The van der Waals surface area contributed by atoms with Crippen molar-refractivity contribution in [3.8, 4) is 0 Å². The molecule has 0 saturated carbocycles. The van der Waals surface area contributed by atoms with Crippen molar-refractivity contribution in [2.24, 2.45) is 18.4 Å². The van der Waals surface area contributed by atoms with E-state index >= 15 is 0 Å². The van der Waals surface area contributed by atoms with Gasteiger partial charge in [0.2, 0.25) is 5.91 Å². The van der Waals surface area contributed by atoms with E-state index in [9.17, 15) is 14.7 Å². The Balaban J connectivity index is 1.64. The minimum Gasteiger partial charge on any atom is -0.481 e. The van der Waals surface area contributed by atoms with E-state index in [-0.39, 0.29) is 25.0 Å². The second-order valence-electron chi connectivity index (χ2n) is 6.52. The molecular formula is C15H22N4O4. The van der Waals surface area contributed by atoms with Crippen molar-refractivity contribution in [3.63, 3.8) is 0 Å². The summed E-state index contributed by atoms with van der Waals surface area (Å²) in [6.07, 6.45) is 2.48. The fourth-order valence-corrected chi connectivity index (χ4v) is 3.63. The van der Waals surface area contributed by atoms with Crippen LogP contribution in [-0.2, 0) is 21.4 Å². The lowest BCUT2D eigenvalue weighted by Gasteiger charge is -2.34. The van der Waals surface area contributed by atoms with Crippen LogP contribution in [0.1, 0.15) is 12.1 Å².